The molecule has 2 fully saturated rings. The maximum absolute atomic E-state index is 10.5. The summed E-state index contributed by atoms with van der Waals surface area (Å²) in [6.07, 6.45) is 9.21. The summed E-state index contributed by atoms with van der Waals surface area (Å²) in [6, 6.07) is 10.2. The summed E-state index contributed by atoms with van der Waals surface area (Å²) < 4.78 is 0. The van der Waals surface area contributed by atoms with E-state index < -0.39 is 0 Å². The quantitative estimate of drug-likeness (QED) is 0.904. The van der Waals surface area contributed by atoms with Crippen LogP contribution in [0.3, 0.4) is 0 Å². The van der Waals surface area contributed by atoms with Crippen LogP contribution >= 0.6 is 0 Å². The molecule has 1 aliphatic carbocycles. The Morgan fingerprint density at radius 2 is 1.62 bits per heavy atom. The highest BCUT2D eigenvalue weighted by Gasteiger charge is 2.27. The van der Waals surface area contributed by atoms with Gasteiger partial charge in [0, 0.05) is 6.54 Å². The third-order valence-electron chi connectivity index (χ3n) is 5.46. The molecule has 1 unspecified atom stereocenters. The van der Waals surface area contributed by atoms with E-state index in [0.29, 0.717) is 5.92 Å². The van der Waals surface area contributed by atoms with E-state index in [2.05, 4.69) is 17.0 Å². The Morgan fingerprint density at radius 3 is 2.29 bits per heavy atom. The van der Waals surface area contributed by atoms with Gasteiger partial charge in [0.25, 0.3) is 0 Å². The highest BCUT2D eigenvalue weighted by Crippen LogP contribution is 2.32. The zero-order valence-corrected chi connectivity index (χ0v) is 13.1. The maximum Gasteiger partial charge on any atom is 0.0819 e. The lowest BCUT2D eigenvalue weighted by atomic mass is 9.85. The van der Waals surface area contributed by atoms with Crippen LogP contribution in [0.15, 0.2) is 30.3 Å². The lowest BCUT2D eigenvalue weighted by molar-refractivity contribution is 0.0521. The third kappa shape index (κ3) is 4.08. The molecule has 1 atom stereocenters. The van der Waals surface area contributed by atoms with Gasteiger partial charge in [-0.2, -0.15) is 0 Å². The molecule has 3 rings (SSSR count). The lowest BCUT2D eigenvalue weighted by Crippen LogP contribution is -2.38. The van der Waals surface area contributed by atoms with Crippen molar-refractivity contribution in [3.63, 3.8) is 0 Å². The number of nitrogens with zero attached hydrogens (tertiary/aromatic N) is 1. The molecule has 0 aromatic heterocycles. The first-order chi connectivity index (χ1) is 10.3. The summed E-state index contributed by atoms with van der Waals surface area (Å²) in [5.74, 6) is 1.38. The van der Waals surface area contributed by atoms with E-state index >= 15 is 0 Å². The second-order valence-electron chi connectivity index (χ2n) is 7.00. The van der Waals surface area contributed by atoms with E-state index in [1.165, 1.54) is 51.7 Å². The maximum atomic E-state index is 10.5. The van der Waals surface area contributed by atoms with Gasteiger partial charge in [-0.1, -0.05) is 49.6 Å². The molecule has 1 aliphatic heterocycles. The molecule has 1 saturated heterocycles. The highest BCUT2D eigenvalue weighted by molar-refractivity contribution is 5.18. The fourth-order valence-electron chi connectivity index (χ4n) is 4.11. The van der Waals surface area contributed by atoms with Gasteiger partial charge < -0.3 is 10.0 Å². The van der Waals surface area contributed by atoms with E-state index in [1.54, 1.807) is 0 Å². The van der Waals surface area contributed by atoms with Gasteiger partial charge in [0.05, 0.1) is 6.10 Å². The SMILES string of the molecule is OC(c1ccccc1)C1CCN(CC2CCCCC2)CC1. The average Bonchev–Trinajstić information content (AvgIpc) is 2.57. The molecule has 1 aromatic carbocycles. The van der Waals surface area contributed by atoms with Crippen LogP contribution in [-0.2, 0) is 0 Å². The first-order valence-electron chi connectivity index (χ1n) is 8.78. The third-order valence-corrected chi connectivity index (χ3v) is 5.46. The number of piperidine rings is 1. The molecule has 2 aliphatic rings. The van der Waals surface area contributed by atoms with Gasteiger partial charge >= 0.3 is 0 Å². The van der Waals surface area contributed by atoms with Crippen LogP contribution < -0.4 is 0 Å². The predicted octanol–water partition coefficient (Wildman–Crippen LogP) is 4.01. The fraction of sp³-hybridized carbons (Fsp3) is 0.684. The Kier molecular flexibility index (Phi) is 5.32. The van der Waals surface area contributed by atoms with Crippen LogP contribution in [0.4, 0.5) is 0 Å². The second kappa shape index (κ2) is 7.42. The fourth-order valence-corrected chi connectivity index (χ4v) is 4.11. The zero-order chi connectivity index (χ0) is 14.5. The molecule has 0 radical (unpaired) electrons. The minimum absolute atomic E-state index is 0.275. The van der Waals surface area contributed by atoms with Crippen LogP contribution in [0.2, 0.25) is 0 Å². The summed E-state index contributed by atoms with van der Waals surface area (Å²) in [5.41, 5.74) is 1.09. The predicted molar refractivity (Wildman–Crippen MR) is 87.1 cm³/mol. The van der Waals surface area contributed by atoms with Crippen molar-refractivity contribution in [1.29, 1.82) is 0 Å². The molecular weight excluding hydrogens is 258 g/mol. The topological polar surface area (TPSA) is 23.5 Å². The smallest absolute Gasteiger partial charge is 0.0819 e. The summed E-state index contributed by atoms with van der Waals surface area (Å²) in [7, 11) is 0. The van der Waals surface area contributed by atoms with Crippen molar-refractivity contribution < 1.29 is 5.11 Å². The number of rotatable bonds is 4. The van der Waals surface area contributed by atoms with E-state index in [-0.39, 0.29) is 6.10 Å². The summed E-state index contributed by atoms with van der Waals surface area (Å²) in [5, 5.41) is 10.5. The Hall–Kier alpha value is -0.860. The summed E-state index contributed by atoms with van der Waals surface area (Å²) in [4.78, 5) is 2.64. The molecule has 1 N–H and O–H groups in total. The number of hydrogen-bond acceptors (Lipinski definition) is 2. The largest absolute Gasteiger partial charge is 0.388 e. The number of aliphatic hydroxyl groups is 1. The van der Waals surface area contributed by atoms with Crippen LogP contribution in [0.1, 0.15) is 56.6 Å². The van der Waals surface area contributed by atoms with Crippen LogP contribution in [-0.4, -0.2) is 29.6 Å². The van der Waals surface area contributed by atoms with Crippen LogP contribution in [0.25, 0.3) is 0 Å². The monoisotopic (exact) mass is 287 g/mol. The van der Waals surface area contributed by atoms with Gasteiger partial charge in [-0.05, 0) is 56.2 Å². The molecule has 0 bridgehead atoms. The minimum Gasteiger partial charge on any atom is -0.388 e. The van der Waals surface area contributed by atoms with E-state index in [4.69, 9.17) is 0 Å². The number of hydrogen-bond donors (Lipinski definition) is 1. The summed E-state index contributed by atoms with van der Waals surface area (Å²) in [6.45, 7) is 3.64. The molecule has 21 heavy (non-hydrogen) atoms. The highest BCUT2D eigenvalue weighted by atomic mass is 16.3. The zero-order valence-electron chi connectivity index (χ0n) is 13.1. The Labute approximate surface area is 129 Å². The van der Waals surface area contributed by atoms with Crippen molar-refractivity contribution in [3.8, 4) is 0 Å². The number of aliphatic hydroxyl groups excluding tert-OH is 1. The van der Waals surface area contributed by atoms with Crippen LogP contribution in [0, 0.1) is 11.8 Å². The molecule has 0 amide bonds. The Balaban J connectivity index is 1.46. The lowest BCUT2D eigenvalue weighted by Gasteiger charge is -2.37. The second-order valence-corrected chi connectivity index (χ2v) is 7.00. The standard InChI is InChI=1S/C19H29NO/c21-19(17-9-5-2-6-10-17)18-11-13-20(14-12-18)15-16-7-3-1-4-8-16/h2,5-6,9-10,16,18-19,21H,1,3-4,7-8,11-15H2. The number of benzene rings is 1. The van der Waals surface area contributed by atoms with Crippen molar-refractivity contribution in [2.45, 2.75) is 51.0 Å². The van der Waals surface area contributed by atoms with Crippen molar-refractivity contribution in [2.75, 3.05) is 19.6 Å². The molecule has 2 heteroatoms. The van der Waals surface area contributed by atoms with Gasteiger partial charge in [0.15, 0.2) is 0 Å². The van der Waals surface area contributed by atoms with Crippen molar-refractivity contribution in [1.82, 2.24) is 4.90 Å². The molecule has 1 heterocycles. The van der Waals surface area contributed by atoms with Gasteiger partial charge in [-0.25, -0.2) is 0 Å². The summed E-state index contributed by atoms with van der Waals surface area (Å²) >= 11 is 0. The Bertz CT molecular complexity index is 405. The first kappa shape index (κ1) is 15.1. The van der Waals surface area contributed by atoms with E-state index in [9.17, 15) is 5.11 Å². The van der Waals surface area contributed by atoms with Crippen LogP contribution in [0.5, 0.6) is 0 Å². The van der Waals surface area contributed by atoms with Gasteiger partial charge in [-0.3, -0.25) is 0 Å². The molecule has 1 aromatic rings. The molecule has 1 saturated carbocycles. The molecule has 0 spiro atoms. The number of likely N-dealkylation sites (tertiary alicyclic amines) is 1. The molecule has 2 nitrogen and oxygen atoms in total. The minimum atomic E-state index is -0.275. The molecular formula is C19H29NO. The normalized spacial score (nSPS) is 24.0. The van der Waals surface area contributed by atoms with Gasteiger partial charge in [-0.15, -0.1) is 0 Å². The van der Waals surface area contributed by atoms with Gasteiger partial charge in [0.2, 0.25) is 0 Å². The average molecular weight is 287 g/mol. The van der Waals surface area contributed by atoms with Gasteiger partial charge in [0.1, 0.15) is 0 Å². The van der Waals surface area contributed by atoms with Crippen molar-refractivity contribution >= 4 is 0 Å². The molecule has 116 valence electrons. The van der Waals surface area contributed by atoms with Crippen molar-refractivity contribution in [3.05, 3.63) is 35.9 Å². The van der Waals surface area contributed by atoms with Crippen molar-refractivity contribution in [2.24, 2.45) is 11.8 Å². The van der Waals surface area contributed by atoms with E-state index in [0.717, 1.165) is 24.3 Å². The Morgan fingerprint density at radius 1 is 0.952 bits per heavy atom. The first-order valence-corrected chi connectivity index (χ1v) is 8.78. The van der Waals surface area contributed by atoms with E-state index in [1.807, 2.05) is 18.2 Å².